The maximum Gasteiger partial charge on any atom is 0.329 e. The monoisotopic (exact) mass is 397 g/mol. The molecule has 1 heterocycles. The molecule has 0 radical (unpaired) electrons. The summed E-state index contributed by atoms with van der Waals surface area (Å²) in [5.74, 6) is -0.678. The number of carbonyl (C=O) groups excluding carboxylic acids is 2. The predicted molar refractivity (Wildman–Crippen MR) is 98.4 cm³/mol. The van der Waals surface area contributed by atoms with Gasteiger partial charge in [0.1, 0.15) is 28.4 Å². The van der Waals surface area contributed by atoms with Crippen molar-refractivity contribution in [2.45, 2.75) is 33.4 Å². The second-order valence-electron chi connectivity index (χ2n) is 5.73. The number of ether oxygens (including phenoxy) is 2. The molecule has 0 saturated carbocycles. The Kier molecular flexibility index (Phi) is 7.35. The molecule has 1 aromatic heterocycles. The molecule has 26 heavy (non-hydrogen) atoms. The third-order valence-electron chi connectivity index (χ3n) is 3.50. The van der Waals surface area contributed by atoms with Crippen LogP contribution in [0.5, 0.6) is 5.75 Å². The summed E-state index contributed by atoms with van der Waals surface area (Å²) in [5, 5.41) is 6.50. The van der Waals surface area contributed by atoms with E-state index in [0.717, 1.165) is 11.5 Å². The summed E-state index contributed by atoms with van der Waals surface area (Å²) in [6, 6.07) is 6.05. The van der Waals surface area contributed by atoms with Crippen molar-refractivity contribution in [3.63, 3.8) is 0 Å². The van der Waals surface area contributed by atoms with Crippen LogP contribution in [0.15, 0.2) is 24.3 Å². The van der Waals surface area contributed by atoms with Gasteiger partial charge in [-0.25, -0.2) is 4.79 Å². The molecule has 0 aliphatic rings. The average Bonchev–Trinajstić information content (AvgIpc) is 3.03. The number of hydrogen-bond acceptors (Lipinski definition) is 7. The van der Waals surface area contributed by atoms with E-state index in [1.807, 2.05) is 20.8 Å². The van der Waals surface area contributed by atoms with E-state index in [4.69, 9.17) is 21.1 Å². The molecule has 1 amide bonds. The first-order valence-electron chi connectivity index (χ1n) is 8.10. The molecule has 7 nitrogen and oxygen atoms in total. The number of esters is 1. The summed E-state index contributed by atoms with van der Waals surface area (Å²) in [7, 11) is 0. The Morgan fingerprint density at radius 3 is 2.65 bits per heavy atom. The molecule has 0 saturated heterocycles. The molecular formula is C17H20ClN3O4S. The number of carbonyl (C=O) groups is 2. The van der Waals surface area contributed by atoms with Crippen molar-refractivity contribution in [2.24, 2.45) is 5.92 Å². The number of hydrogen-bond donors (Lipinski definition) is 1. The molecular weight excluding hydrogens is 378 g/mol. The SMILES string of the molecule is CCOc1ccccc1C(=O)N[C@H](C(=O)OCc1nnsc1Cl)C(C)C. The Balaban J connectivity index is 2.06. The lowest BCUT2D eigenvalue weighted by atomic mass is 10.0. The van der Waals surface area contributed by atoms with Crippen LogP contribution in [-0.2, 0) is 16.1 Å². The van der Waals surface area contributed by atoms with Gasteiger partial charge >= 0.3 is 5.97 Å². The summed E-state index contributed by atoms with van der Waals surface area (Å²) in [4.78, 5) is 25.0. The minimum Gasteiger partial charge on any atom is -0.493 e. The van der Waals surface area contributed by atoms with Gasteiger partial charge in [0.15, 0.2) is 0 Å². The third-order valence-corrected chi connectivity index (χ3v) is 4.48. The number of para-hydroxylation sites is 1. The fraction of sp³-hybridized carbons (Fsp3) is 0.412. The lowest BCUT2D eigenvalue weighted by Gasteiger charge is -2.21. The first kappa shape index (κ1) is 20.1. The van der Waals surface area contributed by atoms with Crippen LogP contribution in [0.2, 0.25) is 4.34 Å². The van der Waals surface area contributed by atoms with Crippen LogP contribution in [0, 0.1) is 5.92 Å². The predicted octanol–water partition coefficient (Wildman–Crippen LogP) is 3.09. The number of aromatic nitrogens is 2. The number of benzene rings is 1. The van der Waals surface area contributed by atoms with E-state index in [2.05, 4.69) is 14.9 Å². The Morgan fingerprint density at radius 2 is 2.04 bits per heavy atom. The van der Waals surface area contributed by atoms with Gasteiger partial charge in [0.05, 0.1) is 12.2 Å². The highest BCUT2D eigenvalue weighted by molar-refractivity contribution is 7.10. The van der Waals surface area contributed by atoms with Crippen LogP contribution in [0.4, 0.5) is 0 Å². The first-order valence-corrected chi connectivity index (χ1v) is 9.25. The number of amides is 1. The van der Waals surface area contributed by atoms with E-state index in [1.165, 1.54) is 0 Å². The van der Waals surface area contributed by atoms with E-state index < -0.39 is 17.9 Å². The number of rotatable bonds is 8. The molecule has 9 heteroatoms. The zero-order valence-electron chi connectivity index (χ0n) is 14.7. The van der Waals surface area contributed by atoms with Gasteiger partial charge in [-0.1, -0.05) is 42.1 Å². The highest BCUT2D eigenvalue weighted by Gasteiger charge is 2.27. The van der Waals surface area contributed by atoms with Crippen LogP contribution >= 0.6 is 23.1 Å². The molecule has 0 aliphatic carbocycles. The van der Waals surface area contributed by atoms with Crippen molar-refractivity contribution < 1.29 is 19.1 Å². The van der Waals surface area contributed by atoms with Crippen molar-refractivity contribution >= 4 is 35.0 Å². The maximum absolute atomic E-state index is 12.6. The Labute approximate surface area is 160 Å². The second-order valence-corrected chi connectivity index (χ2v) is 7.08. The first-order chi connectivity index (χ1) is 12.4. The van der Waals surface area contributed by atoms with Crippen LogP contribution in [0.3, 0.4) is 0 Å². The molecule has 140 valence electrons. The maximum atomic E-state index is 12.6. The quantitative estimate of drug-likeness (QED) is 0.688. The van der Waals surface area contributed by atoms with Crippen LogP contribution in [-0.4, -0.2) is 34.1 Å². The fourth-order valence-corrected chi connectivity index (χ4v) is 2.77. The number of nitrogens with one attached hydrogen (secondary N) is 1. The largest absolute Gasteiger partial charge is 0.493 e. The number of halogens is 1. The van der Waals surface area contributed by atoms with Crippen LogP contribution in [0.1, 0.15) is 36.8 Å². The molecule has 1 N–H and O–H groups in total. The molecule has 0 spiro atoms. The molecule has 2 rings (SSSR count). The lowest BCUT2D eigenvalue weighted by Crippen LogP contribution is -2.45. The molecule has 1 aromatic carbocycles. The minimum absolute atomic E-state index is 0.0945. The molecule has 0 bridgehead atoms. The normalized spacial score (nSPS) is 11.9. The molecule has 1 atom stereocenters. The summed E-state index contributed by atoms with van der Waals surface area (Å²) in [6.07, 6.45) is 0. The summed E-state index contributed by atoms with van der Waals surface area (Å²) in [5.41, 5.74) is 0.750. The van der Waals surface area contributed by atoms with Crippen molar-refractivity contribution in [1.82, 2.24) is 14.9 Å². The van der Waals surface area contributed by atoms with Gasteiger partial charge in [-0.3, -0.25) is 4.79 Å². The van der Waals surface area contributed by atoms with Crippen molar-refractivity contribution in [2.75, 3.05) is 6.61 Å². The highest BCUT2D eigenvalue weighted by Crippen LogP contribution is 2.20. The molecule has 2 aromatic rings. The molecule has 0 aliphatic heterocycles. The second kappa shape index (κ2) is 9.49. The van der Waals surface area contributed by atoms with Crippen LogP contribution in [0.25, 0.3) is 0 Å². The third kappa shape index (κ3) is 5.15. The van der Waals surface area contributed by atoms with Crippen LogP contribution < -0.4 is 10.1 Å². The Bertz CT molecular complexity index is 766. The highest BCUT2D eigenvalue weighted by atomic mass is 35.5. The minimum atomic E-state index is -0.817. The van der Waals surface area contributed by atoms with Gasteiger partial charge in [0.2, 0.25) is 0 Å². The van der Waals surface area contributed by atoms with Crippen molar-refractivity contribution in [3.05, 3.63) is 39.9 Å². The van der Waals surface area contributed by atoms with E-state index in [-0.39, 0.29) is 12.5 Å². The summed E-state index contributed by atoms with van der Waals surface area (Å²) >= 11 is 6.91. The van der Waals surface area contributed by atoms with Gasteiger partial charge in [0.25, 0.3) is 5.91 Å². The zero-order chi connectivity index (χ0) is 19.1. The van der Waals surface area contributed by atoms with E-state index in [1.54, 1.807) is 24.3 Å². The zero-order valence-corrected chi connectivity index (χ0v) is 16.3. The van der Waals surface area contributed by atoms with Crippen molar-refractivity contribution in [3.8, 4) is 5.75 Å². The van der Waals surface area contributed by atoms with E-state index in [0.29, 0.717) is 28.0 Å². The van der Waals surface area contributed by atoms with E-state index in [9.17, 15) is 9.59 Å². The van der Waals surface area contributed by atoms with Gasteiger partial charge < -0.3 is 14.8 Å². The van der Waals surface area contributed by atoms with Crippen molar-refractivity contribution in [1.29, 1.82) is 0 Å². The lowest BCUT2D eigenvalue weighted by molar-refractivity contribution is -0.148. The van der Waals surface area contributed by atoms with Gasteiger partial charge in [-0.15, -0.1) is 5.10 Å². The number of nitrogens with zero attached hydrogens (tertiary/aromatic N) is 2. The smallest absolute Gasteiger partial charge is 0.329 e. The summed E-state index contributed by atoms with van der Waals surface area (Å²) < 4.78 is 14.8. The fourth-order valence-electron chi connectivity index (χ4n) is 2.16. The Morgan fingerprint density at radius 1 is 1.31 bits per heavy atom. The average molecular weight is 398 g/mol. The summed E-state index contributed by atoms with van der Waals surface area (Å²) in [6.45, 7) is 5.81. The Hall–Kier alpha value is -2.19. The van der Waals surface area contributed by atoms with E-state index >= 15 is 0 Å². The standard InChI is InChI=1S/C17H20ClN3O4S/c1-4-24-13-8-6-5-7-11(13)16(22)19-14(10(2)3)17(23)25-9-12-15(18)26-21-20-12/h5-8,10,14H,4,9H2,1-3H3,(H,19,22)/t14-/m0/s1. The van der Waals surface area contributed by atoms with Gasteiger partial charge in [-0.2, -0.15) is 0 Å². The topological polar surface area (TPSA) is 90.4 Å². The van der Waals surface area contributed by atoms with Gasteiger partial charge in [-0.05, 0) is 25.0 Å². The van der Waals surface area contributed by atoms with Gasteiger partial charge in [0, 0.05) is 11.5 Å². The molecule has 0 fully saturated rings. The molecule has 0 unspecified atom stereocenters.